The molecule has 4 nitrogen and oxygen atoms in total. The zero-order valence-corrected chi connectivity index (χ0v) is 19.5. The molecule has 3 aromatic heterocycles. The number of fused-ring (bicyclic) bond motifs is 6. The van der Waals surface area contributed by atoms with E-state index in [9.17, 15) is 0 Å². The van der Waals surface area contributed by atoms with Gasteiger partial charge in [0.1, 0.15) is 17.5 Å². The Morgan fingerprint density at radius 2 is 1.55 bits per heavy atom. The Hall–Kier alpha value is -3.71. The Labute approximate surface area is 202 Å². The maximum atomic E-state index is 6.42. The summed E-state index contributed by atoms with van der Waals surface area (Å²) in [5.74, 6) is 0. The zero-order chi connectivity index (χ0) is 21.9. The van der Waals surface area contributed by atoms with Gasteiger partial charge in [0.15, 0.2) is 0 Å². The van der Waals surface area contributed by atoms with Crippen molar-refractivity contribution in [3.63, 3.8) is 0 Å². The Balaban J connectivity index is 1.56. The summed E-state index contributed by atoms with van der Waals surface area (Å²) in [6.07, 6.45) is 3.50. The smallest absolute Gasteiger partial charge is 0.148 e. The molecule has 0 aliphatic rings. The number of halogens is 1. The van der Waals surface area contributed by atoms with Gasteiger partial charge < -0.3 is 8.98 Å². The topological polar surface area (TPSA) is 43.9 Å². The van der Waals surface area contributed by atoms with Crippen LogP contribution in [0.5, 0.6) is 0 Å². The van der Waals surface area contributed by atoms with Crippen LogP contribution in [0.15, 0.2) is 102 Å². The average Bonchev–Trinajstić information content (AvgIpc) is 3.41. The van der Waals surface area contributed by atoms with Gasteiger partial charge in [0.25, 0.3) is 0 Å². The lowest BCUT2D eigenvalue weighted by Crippen LogP contribution is -1.94. The monoisotopic (exact) mass is 537 g/mol. The minimum atomic E-state index is 0.915. The maximum Gasteiger partial charge on any atom is 0.148 e. The molecule has 0 radical (unpaired) electrons. The van der Waals surface area contributed by atoms with Crippen LogP contribution >= 0.6 is 22.6 Å². The molecule has 5 heteroatoms. The van der Waals surface area contributed by atoms with Gasteiger partial charge in [-0.25, -0.2) is 9.97 Å². The fourth-order valence-electron chi connectivity index (χ4n) is 4.78. The molecule has 0 saturated carbocycles. The van der Waals surface area contributed by atoms with E-state index in [4.69, 9.17) is 4.42 Å². The highest BCUT2D eigenvalue weighted by Gasteiger charge is 2.17. The summed E-state index contributed by atoms with van der Waals surface area (Å²) in [6.45, 7) is 0. The molecule has 0 aliphatic carbocycles. The molecule has 33 heavy (non-hydrogen) atoms. The van der Waals surface area contributed by atoms with Crippen molar-refractivity contribution in [2.24, 2.45) is 0 Å². The van der Waals surface area contributed by atoms with Crippen molar-refractivity contribution in [1.82, 2.24) is 14.5 Å². The predicted octanol–water partition coefficient (Wildman–Crippen LogP) is 7.74. The Morgan fingerprint density at radius 3 is 2.42 bits per heavy atom. The maximum absolute atomic E-state index is 6.42. The zero-order valence-electron chi connectivity index (χ0n) is 17.4. The molecule has 0 unspecified atom stereocenters. The van der Waals surface area contributed by atoms with E-state index in [1.54, 1.807) is 6.33 Å². The van der Waals surface area contributed by atoms with Crippen molar-refractivity contribution in [3.8, 4) is 16.8 Å². The quantitative estimate of drug-likeness (QED) is 0.212. The third kappa shape index (κ3) is 2.75. The van der Waals surface area contributed by atoms with Gasteiger partial charge in [-0.3, -0.25) is 0 Å². The van der Waals surface area contributed by atoms with Gasteiger partial charge in [0.2, 0.25) is 0 Å². The van der Waals surface area contributed by atoms with Gasteiger partial charge in [-0.05, 0) is 58.5 Å². The molecule has 0 N–H and O–H groups in total. The number of aromatic nitrogens is 3. The average molecular weight is 537 g/mol. The SMILES string of the molecule is Ic1cccc2c1oc1c(-c3ccc4c5ncncc5n(-c5ccccc5)c4c3)cccc12. The number of rotatable bonds is 2. The lowest BCUT2D eigenvalue weighted by molar-refractivity contribution is 0.667. The van der Waals surface area contributed by atoms with Gasteiger partial charge in [-0.15, -0.1) is 0 Å². The Bertz CT molecular complexity index is 1830. The molecule has 0 spiro atoms. The normalized spacial score (nSPS) is 11.8. The van der Waals surface area contributed by atoms with E-state index in [2.05, 4.69) is 116 Å². The summed E-state index contributed by atoms with van der Waals surface area (Å²) in [6, 6.07) is 29.6. The summed E-state index contributed by atoms with van der Waals surface area (Å²) >= 11 is 2.34. The standard InChI is InChI=1S/C28H16IN3O/c29-23-11-5-10-21-20-9-4-8-19(27(20)33-28(21)23)17-12-13-22-24(14-17)32(18-6-2-1-3-7-18)25-15-30-16-31-26(22)25/h1-16H. The summed E-state index contributed by atoms with van der Waals surface area (Å²) in [7, 11) is 0. The van der Waals surface area contributed by atoms with Gasteiger partial charge in [0.05, 0.1) is 26.3 Å². The highest BCUT2D eigenvalue weighted by molar-refractivity contribution is 14.1. The molecular formula is C28H16IN3O. The molecule has 7 rings (SSSR count). The number of para-hydroxylation sites is 3. The first-order chi connectivity index (χ1) is 16.3. The van der Waals surface area contributed by atoms with Crippen molar-refractivity contribution in [3.05, 3.63) is 101 Å². The van der Waals surface area contributed by atoms with Gasteiger partial charge >= 0.3 is 0 Å². The first-order valence-corrected chi connectivity index (χ1v) is 11.8. The first kappa shape index (κ1) is 18.8. The van der Waals surface area contributed by atoms with E-state index in [0.717, 1.165) is 64.3 Å². The second kappa shape index (κ2) is 7.15. The van der Waals surface area contributed by atoms with E-state index in [1.807, 2.05) is 12.3 Å². The highest BCUT2D eigenvalue weighted by Crippen LogP contribution is 2.39. The molecule has 7 aromatic rings. The van der Waals surface area contributed by atoms with Crippen LogP contribution in [0.25, 0.3) is 60.7 Å². The van der Waals surface area contributed by atoms with Crippen LogP contribution in [0, 0.1) is 3.57 Å². The van der Waals surface area contributed by atoms with E-state index < -0.39 is 0 Å². The number of hydrogen-bond donors (Lipinski definition) is 0. The van der Waals surface area contributed by atoms with Crippen LogP contribution < -0.4 is 0 Å². The molecule has 0 bridgehead atoms. The number of benzene rings is 4. The Kier molecular flexibility index (Phi) is 4.08. The van der Waals surface area contributed by atoms with Crippen molar-refractivity contribution < 1.29 is 4.42 Å². The van der Waals surface area contributed by atoms with Crippen molar-refractivity contribution in [2.75, 3.05) is 0 Å². The van der Waals surface area contributed by atoms with E-state index in [0.29, 0.717) is 0 Å². The molecule has 0 amide bonds. The summed E-state index contributed by atoms with van der Waals surface area (Å²) in [5.41, 5.74) is 8.16. The fraction of sp³-hybridized carbons (Fsp3) is 0. The van der Waals surface area contributed by atoms with Crippen LogP contribution in [-0.4, -0.2) is 14.5 Å². The number of hydrogen-bond acceptors (Lipinski definition) is 3. The van der Waals surface area contributed by atoms with E-state index in [1.165, 1.54) is 0 Å². The first-order valence-electron chi connectivity index (χ1n) is 10.7. The van der Waals surface area contributed by atoms with Crippen molar-refractivity contribution in [1.29, 1.82) is 0 Å². The molecule has 4 aromatic carbocycles. The minimum absolute atomic E-state index is 0.915. The van der Waals surface area contributed by atoms with E-state index in [-0.39, 0.29) is 0 Å². The molecule has 3 heterocycles. The largest absolute Gasteiger partial charge is 0.454 e. The third-order valence-corrected chi connectivity index (χ3v) is 7.08. The summed E-state index contributed by atoms with van der Waals surface area (Å²) < 4.78 is 9.77. The van der Waals surface area contributed by atoms with Crippen LogP contribution in [-0.2, 0) is 0 Å². The number of nitrogens with zero attached hydrogens (tertiary/aromatic N) is 3. The van der Waals surface area contributed by atoms with Gasteiger partial charge in [-0.1, -0.05) is 54.6 Å². The number of furan rings is 1. The summed E-state index contributed by atoms with van der Waals surface area (Å²) in [5, 5.41) is 3.38. The van der Waals surface area contributed by atoms with Crippen LogP contribution in [0.3, 0.4) is 0 Å². The second-order valence-electron chi connectivity index (χ2n) is 8.06. The molecule has 0 aliphatic heterocycles. The molecule has 0 fully saturated rings. The fourth-order valence-corrected chi connectivity index (χ4v) is 5.38. The minimum Gasteiger partial charge on any atom is -0.454 e. The molecule has 156 valence electrons. The predicted molar refractivity (Wildman–Crippen MR) is 142 cm³/mol. The van der Waals surface area contributed by atoms with Crippen molar-refractivity contribution >= 4 is 66.5 Å². The second-order valence-corrected chi connectivity index (χ2v) is 9.22. The lowest BCUT2D eigenvalue weighted by Gasteiger charge is -2.08. The van der Waals surface area contributed by atoms with Gasteiger partial charge in [-0.2, -0.15) is 0 Å². The molecule has 0 atom stereocenters. The van der Waals surface area contributed by atoms with Crippen LogP contribution in [0.2, 0.25) is 0 Å². The molecule has 0 saturated heterocycles. The van der Waals surface area contributed by atoms with Gasteiger partial charge in [0, 0.05) is 27.4 Å². The van der Waals surface area contributed by atoms with E-state index >= 15 is 0 Å². The summed E-state index contributed by atoms with van der Waals surface area (Å²) in [4.78, 5) is 8.90. The third-order valence-electron chi connectivity index (χ3n) is 6.23. The lowest BCUT2D eigenvalue weighted by atomic mass is 10.0. The highest BCUT2D eigenvalue weighted by atomic mass is 127. The van der Waals surface area contributed by atoms with Crippen LogP contribution in [0.1, 0.15) is 0 Å². The molecular weight excluding hydrogens is 521 g/mol. The Morgan fingerprint density at radius 1 is 0.727 bits per heavy atom. The van der Waals surface area contributed by atoms with Crippen molar-refractivity contribution in [2.45, 2.75) is 0 Å². The van der Waals surface area contributed by atoms with Crippen LogP contribution in [0.4, 0.5) is 0 Å².